The summed E-state index contributed by atoms with van der Waals surface area (Å²) in [6.07, 6.45) is 3.35. The van der Waals surface area contributed by atoms with Gasteiger partial charge in [-0.2, -0.15) is 0 Å². The number of piperazine rings is 2. The minimum Gasteiger partial charge on any atom is -0.444 e. The molecule has 0 aromatic carbocycles. The normalized spacial score (nSPS) is 18.1. The standard InChI is InChI=1S/C22H38N8O2.HI/c1-5-23-19(28-15-17-29(18-16-28)20-24-7-6-8-25-20)26-9-10-27-11-13-30(14-12-27)21(31)32-22(2,3)4;/h6-8H,5,9-18H2,1-4H3,(H,23,26);1H. The fraction of sp³-hybridized carbons (Fsp3) is 0.727. The predicted molar refractivity (Wildman–Crippen MR) is 141 cm³/mol. The third-order valence-corrected chi connectivity index (χ3v) is 5.45. The van der Waals surface area contributed by atoms with Crippen LogP contribution < -0.4 is 10.2 Å². The molecule has 0 spiro atoms. The van der Waals surface area contributed by atoms with Crippen LogP contribution in [0.15, 0.2) is 23.5 Å². The molecule has 3 heterocycles. The van der Waals surface area contributed by atoms with Gasteiger partial charge < -0.3 is 24.8 Å². The summed E-state index contributed by atoms with van der Waals surface area (Å²) < 4.78 is 5.48. The van der Waals surface area contributed by atoms with Gasteiger partial charge in [0.25, 0.3) is 0 Å². The fourth-order valence-electron chi connectivity index (χ4n) is 3.78. The first kappa shape index (κ1) is 27.4. The smallest absolute Gasteiger partial charge is 0.410 e. The monoisotopic (exact) mass is 574 g/mol. The van der Waals surface area contributed by atoms with E-state index in [1.165, 1.54) is 0 Å². The van der Waals surface area contributed by atoms with Gasteiger partial charge in [-0.25, -0.2) is 14.8 Å². The number of amides is 1. The second kappa shape index (κ2) is 13.1. The van der Waals surface area contributed by atoms with E-state index in [0.717, 1.165) is 70.8 Å². The summed E-state index contributed by atoms with van der Waals surface area (Å²) in [5, 5.41) is 3.43. The number of guanidine groups is 1. The number of carbonyl (C=O) groups is 1. The number of carbonyl (C=O) groups excluding carboxylic acids is 1. The van der Waals surface area contributed by atoms with E-state index in [0.29, 0.717) is 13.1 Å². The number of nitrogens with zero attached hydrogens (tertiary/aromatic N) is 7. The van der Waals surface area contributed by atoms with E-state index in [2.05, 4.69) is 36.9 Å². The molecule has 1 N–H and O–H groups in total. The van der Waals surface area contributed by atoms with E-state index in [4.69, 9.17) is 9.73 Å². The topological polar surface area (TPSA) is 89.4 Å². The molecule has 10 nitrogen and oxygen atoms in total. The van der Waals surface area contributed by atoms with E-state index < -0.39 is 5.60 Å². The van der Waals surface area contributed by atoms with Crippen LogP contribution in [0, 0.1) is 0 Å². The quantitative estimate of drug-likeness (QED) is 0.323. The van der Waals surface area contributed by atoms with Crippen molar-refractivity contribution in [3.63, 3.8) is 0 Å². The number of ether oxygens (including phenoxy) is 1. The van der Waals surface area contributed by atoms with E-state index in [1.807, 2.05) is 26.8 Å². The Kier molecular flexibility index (Phi) is 10.9. The van der Waals surface area contributed by atoms with Crippen molar-refractivity contribution in [3.8, 4) is 0 Å². The number of aliphatic imine (C=N–C) groups is 1. The number of aromatic nitrogens is 2. The SMILES string of the molecule is CCNC(=NCCN1CCN(C(=O)OC(C)(C)C)CC1)N1CCN(c2ncccn2)CC1.I. The Morgan fingerprint density at radius 1 is 1.03 bits per heavy atom. The zero-order valence-electron chi connectivity index (χ0n) is 20.4. The zero-order valence-corrected chi connectivity index (χ0v) is 22.7. The highest BCUT2D eigenvalue weighted by Gasteiger charge is 2.26. The van der Waals surface area contributed by atoms with Gasteiger partial charge in [0.05, 0.1) is 6.54 Å². The van der Waals surface area contributed by atoms with Crippen LogP contribution >= 0.6 is 24.0 Å². The lowest BCUT2D eigenvalue weighted by atomic mass is 10.2. The molecule has 2 saturated heterocycles. The van der Waals surface area contributed by atoms with Crippen molar-refractivity contribution in [2.75, 3.05) is 76.9 Å². The molecule has 2 aliphatic heterocycles. The van der Waals surface area contributed by atoms with Crippen LogP contribution in [-0.2, 0) is 4.74 Å². The molecule has 0 atom stereocenters. The van der Waals surface area contributed by atoms with Crippen LogP contribution in [0.1, 0.15) is 27.7 Å². The van der Waals surface area contributed by atoms with Gasteiger partial charge in [-0.15, -0.1) is 24.0 Å². The summed E-state index contributed by atoms with van der Waals surface area (Å²) in [4.78, 5) is 34.5. The summed E-state index contributed by atoms with van der Waals surface area (Å²) in [5.41, 5.74) is -0.453. The molecule has 0 bridgehead atoms. The number of hydrogen-bond donors (Lipinski definition) is 1. The van der Waals surface area contributed by atoms with Crippen LogP contribution in [0.25, 0.3) is 0 Å². The third kappa shape index (κ3) is 8.76. The maximum Gasteiger partial charge on any atom is 0.410 e. The van der Waals surface area contributed by atoms with Gasteiger partial charge in [0.2, 0.25) is 5.95 Å². The number of halogens is 1. The highest BCUT2D eigenvalue weighted by Crippen LogP contribution is 2.12. The predicted octanol–water partition coefficient (Wildman–Crippen LogP) is 1.73. The number of rotatable bonds is 5. The van der Waals surface area contributed by atoms with Crippen molar-refractivity contribution >= 4 is 42.0 Å². The van der Waals surface area contributed by atoms with Gasteiger partial charge in [0, 0.05) is 77.8 Å². The van der Waals surface area contributed by atoms with E-state index in [1.54, 1.807) is 17.3 Å². The van der Waals surface area contributed by atoms with Crippen LogP contribution in [0.4, 0.5) is 10.7 Å². The first-order valence-corrected chi connectivity index (χ1v) is 11.6. The molecule has 3 rings (SSSR count). The van der Waals surface area contributed by atoms with Crippen LogP contribution in [0.5, 0.6) is 0 Å². The Hall–Kier alpha value is -1.89. The van der Waals surface area contributed by atoms with Crippen molar-refractivity contribution in [1.29, 1.82) is 0 Å². The highest BCUT2D eigenvalue weighted by atomic mass is 127. The van der Waals surface area contributed by atoms with Gasteiger partial charge in [-0.05, 0) is 33.8 Å². The molecule has 0 saturated carbocycles. The number of hydrogen-bond acceptors (Lipinski definition) is 7. The molecule has 186 valence electrons. The van der Waals surface area contributed by atoms with Gasteiger partial charge in [-0.1, -0.05) is 0 Å². The Labute approximate surface area is 214 Å². The van der Waals surface area contributed by atoms with E-state index in [9.17, 15) is 4.79 Å². The van der Waals surface area contributed by atoms with Gasteiger partial charge in [0.1, 0.15) is 5.60 Å². The Morgan fingerprint density at radius 3 is 2.21 bits per heavy atom. The molecule has 1 amide bonds. The minimum absolute atomic E-state index is 0. The van der Waals surface area contributed by atoms with E-state index in [-0.39, 0.29) is 30.1 Å². The summed E-state index contributed by atoms with van der Waals surface area (Å²) in [7, 11) is 0. The summed E-state index contributed by atoms with van der Waals surface area (Å²) in [6, 6.07) is 1.84. The Balaban J connectivity index is 0.00000385. The lowest BCUT2D eigenvalue weighted by Crippen LogP contribution is -2.53. The summed E-state index contributed by atoms with van der Waals surface area (Å²) in [5.74, 6) is 1.76. The molecule has 0 aliphatic carbocycles. The lowest BCUT2D eigenvalue weighted by Gasteiger charge is -2.37. The molecule has 11 heteroatoms. The number of anilines is 1. The second-order valence-corrected chi connectivity index (χ2v) is 9.07. The molecule has 2 fully saturated rings. The number of nitrogens with one attached hydrogen (secondary N) is 1. The summed E-state index contributed by atoms with van der Waals surface area (Å²) >= 11 is 0. The van der Waals surface area contributed by atoms with Crippen LogP contribution in [0.3, 0.4) is 0 Å². The van der Waals surface area contributed by atoms with Gasteiger partial charge in [-0.3, -0.25) is 9.89 Å². The van der Waals surface area contributed by atoms with Gasteiger partial charge in [0.15, 0.2) is 5.96 Å². The highest BCUT2D eigenvalue weighted by molar-refractivity contribution is 14.0. The first-order valence-electron chi connectivity index (χ1n) is 11.6. The van der Waals surface area contributed by atoms with Gasteiger partial charge >= 0.3 is 6.09 Å². The van der Waals surface area contributed by atoms with Crippen molar-refractivity contribution < 1.29 is 9.53 Å². The molecule has 0 unspecified atom stereocenters. The fourth-order valence-corrected chi connectivity index (χ4v) is 3.78. The van der Waals surface area contributed by atoms with Crippen molar-refractivity contribution in [2.24, 2.45) is 4.99 Å². The van der Waals surface area contributed by atoms with Crippen molar-refractivity contribution in [2.45, 2.75) is 33.3 Å². The minimum atomic E-state index is -0.453. The first-order chi connectivity index (χ1) is 15.4. The average Bonchev–Trinajstić information content (AvgIpc) is 2.78. The lowest BCUT2D eigenvalue weighted by molar-refractivity contribution is 0.0148. The maximum absolute atomic E-state index is 12.2. The van der Waals surface area contributed by atoms with Crippen molar-refractivity contribution in [1.82, 2.24) is 30.0 Å². The maximum atomic E-state index is 12.2. The molecular weight excluding hydrogens is 535 g/mol. The molecule has 1 aromatic rings. The second-order valence-electron chi connectivity index (χ2n) is 9.07. The Morgan fingerprint density at radius 2 is 1.64 bits per heavy atom. The Bertz CT molecular complexity index is 743. The molecule has 1 aromatic heterocycles. The zero-order chi connectivity index (χ0) is 23.0. The van der Waals surface area contributed by atoms with Crippen molar-refractivity contribution in [3.05, 3.63) is 18.5 Å². The largest absolute Gasteiger partial charge is 0.444 e. The molecule has 33 heavy (non-hydrogen) atoms. The third-order valence-electron chi connectivity index (χ3n) is 5.45. The van der Waals surface area contributed by atoms with Crippen LogP contribution in [-0.4, -0.2) is 114 Å². The van der Waals surface area contributed by atoms with E-state index >= 15 is 0 Å². The summed E-state index contributed by atoms with van der Waals surface area (Å²) in [6.45, 7) is 16.9. The average molecular weight is 575 g/mol. The molecule has 2 aliphatic rings. The molecular formula is C22H39IN8O2. The molecule has 0 radical (unpaired) electrons. The van der Waals surface area contributed by atoms with Crippen LogP contribution in [0.2, 0.25) is 0 Å².